The maximum Gasteiger partial charge on any atom is 0.324 e. The molecule has 0 aliphatic carbocycles. The van der Waals surface area contributed by atoms with Crippen LogP contribution in [-0.2, 0) is 4.79 Å². The van der Waals surface area contributed by atoms with Crippen molar-refractivity contribution in [2.45, 2.75) is 13.8 Å². The highest BCUT2D eigenvalue weighted by atomic mass is 16.4. The summed E-state index contributed by atoms with van der Waals surface area (Å²) in [5, 5.41) is 13.9. The van der Waals surface area contributed by atoms with Crippen molar-refractivity contribution in [3.63, 3.8) is 0 Å². The van der Waals surface area contributed by atoms with Crippen LogP contribution in [0.4, 0.5) is 0 Å². The molecule has 0 saturated heterocycles. The molecule has 0 radical (unpaired) electrons. The van der Waals surface area contributed by atoms with Crippen molar-refractivity contribution in [2.24, 2.45) is 11.0 Å². The number of aliphatic carboxylic acids is 1. The molecule has 1 aliphatic heterocycles. The standard InChI is InChI=1S/C6H12N4O2/c1-4(2)6-7-8-9-10(6)3-5(11)12/h4,8-9H,3H2,1-2H3,(H,11,12). The highest BCUT2D eigenvalue weighted by molar-refractivity contribution is 5.87. The number of hydrazone groups is 1. The van der Waals surface area contributed by atoms with Crippen LogP contribution in [0.3, 0.4) is 0 Å². The minimum Gasteiger partial charge on any atom is -0.480 e. The second-order valence-electron chi connectivity index (χ2n) is 2.83. The van der Waals surface area contributed by atoms with Gasteiger partial charge in [0.05, 0.1) is 0 Å². The summed E-state index contributed by atoms with van der Waals surface area (Å²) >= 11 is 0. The fraction of sp³-hybridized carbons (Fsp3) is 0.667. The van der Waals surface area contributed by atoms with E-state index >= 15 is 0 Å². The number of carbonyl (C=O) groups is 1. The van der Waals surface area contributed by atoms with Crippen LogP contribution in [-0.4, -0.2) is 28.5 Å². The molecule has 6 heteroatoms. The largest absolute Gasteiger partial charge is 0.480 e. The van der Waals surface area contributed by atoms with E-state index in [0.717, 1.165) is 0 Å². The molecule has 0 aromatic rings. The Bertz CT molecular complexity index is 214. The van der Waals surface area contributed by atoms with Crippen molar-refractivity contribution in [1.29, 1.82) is 0 Å². The molecule has 0 bridgehead atoms. The van der Waals surface area contributed by atoms with Crippen LogP contribution in [0.25, 0.3) is 0 Å². The number of carboxylic acids is 1. The summed E-state index contributed by atoms with van der Waals surface area (Å²) in [6, 6.07) is 0. The van der Waals surface area contributed by atoms with Crippen molar-refractivity contribution < 1.29 is 9.90 Å². The summed E-state index contributed by atoms with van der Waals surface area (Å²) < 4.78 is 0. The highest BCUT2D eigenvalue weighted by Gasteiger charge is 2.21. The average Bonchev–Trinajstić information content (AvgIpc) is 2.33. The minimum atomic E-state index is -0.889. The first-order chi connectivity index (χ1) is 5.61. The van der Waals surface area contributed by atoms with E-state index in [4.69, 9.17) is 5.11 Å². The number of hydrogen-bond acceptors (Lipinski definition) is 5. The van der Waals surface area contributed by atoms with Crippen LogP contribution in [0, 0.1) is 5.92 Å². The second-order valence-corrected chi connectivity index (χ2v) is 2.83. The molecule has 12 heavy (non-hydrogen) atoms. The second kappa shape index (κ2) is 3.40. The lowest BCUT2D eigenvalue weighted by atomic mass is 10.2. The summed E-state index contributed by atoms with van der Waals surface area (Å²) in [4.78, 5) is 10.4. The summed E-state index contributed by atoms with van der Waals surface area (Å²) in [6.07, 6.45) is 0. The smallest absolute Gasteiger partial charge is 0.324 e. The molecule has 0 aromatic carbocycles. The summed E-state index contributed by atoms with van der Waals surface area (Å²) in [5.74, 6) is 0.0174. The lowest BCUT2D eigenvalue weighted by Gasteiger charge is -2.18. The van der Waals surface area contributed by atoms with Crippen LogP contribution in [0.15, 0.2) is 5.10 Å². The Hall–Kier alpha value is -1.30. The van der Waals surface area contributed by atoms with Crippen LogP contribution in [0.5, 0.6) is 0 Å². The zero-order valence-electron chi connectivity index (χ0n) is 7.03. The van der Waals surface area contributed by atoms with Gasteiger partial charge < -0.3 is 5.11 Å². The minimum absolute atomic E-state index is 0.0932. The number of nitrogens with one attached hydrogen (secondary N) is 2. The zero-order chi connectivity index (χ0) is 9.14. The van der Waals surface area contributed by atoms with Gasteiger partial charge in [-0.25, -0.2) is 5.53 Å². The van der Waals surface area contributed by atoms with Gasteiger partial charge in [0.2, 0.25) is 0 Å². The fourth-order valence-corrected chi connectivity index (χ4v) is 0.957. The molecule has 0 spiro atoms. The lowest BCUT2D eigenvalue weighted by Crippen LogP contribution is -2.45. The van der Waals surface area contributed by atoms with Gasteiger partial charge in [0.1, 0.15) is 12.4 Å². The summed E-state index contributed by atoms with van der Waals surface area (Å²) in [5.41, 5.74) is 5.13. The van der Waals surface area contributed by atoms with E-state index < -0.39 is 5.97 Å². The Kier molecular flexibility index (Phi) is 2.49. The van der Waals surface area contributed by atoms with E-state index in [1.54, 1.807) is 0 Å². The molecule has 3 N–H and O–H groups in total. The van der Waals surface area contributed by atoms with Crippen molar-refractivity contribution >= 4 is 11.8 Å². The maximum atomic E-state index is 10.4. The van der Waals surface area contributed by atoms with Crippen LogP contribution >= 0.6 is 0 Å². The Morgan fingerprint density at radius 2 is 2.42 bits per heavy atom. The quantitative estimate of drug-likeness (QED) is 0.528. The van der Waals surface area contributed by atoms with Gasteiger partial charge >= 0.3 is 5.97 Å². The molecule has 0 amide bonds. The number of hydrazine groups is 2. The highest BCUT2D eigenvalue weighted by Crippen LogP contribution is 2.03. The van der Waals surface area contributed by atoms with Gasteiger partial charge in [0.25, 0.3) is 0 Å². The summed E-state index contributed by atoms with van der Waals surface area (Å²) in [6.45, 7) is 3.80. The van der Waals surface area contributed by atoms with Gasteiger partial charge in [-0.05, 0) is 0 Å². The van der Waals surface area contributed by atoms with E-state index in [9.17, 15) is 4.79 Å². The van der Waals surface area contributed by atoms with E-state index in [2.05, 4.69) is 16.2 Å². The van der Waals surface area contributed by atoms with Crippen molar-refractivity contribution in [3.8, 4) is 0 Å². The topological polar surface area (TPSA) is 77.0 Å². The van der Waals surface area contributed by atoms with Crippen molar-refractivity contribution in [1.82, 2.24) is 16.1 Å². The number of nitrogens with zero attached hydrogens (tertiary/aromatic N) is 2. The number of amidine groups is 1. The monoisotopic (exact) mass is 172 g/mol. The molecular weight excluding hydrogens is 160 g/mol. The van der Waals surface area contributed by atoms with Gasteiger partial charge in [-0.15, -0.1) is 10.6 Å². The van der Waals surface area contributed by atoms with Gasteiger partial charge in [-0.2, -0.15) is 0 Å². The van der Waals surface area contributed by atoms with Gasteiger partial charge in [0.15, 0.2) is 0 Å². The summed E-state index contributed by atoms with van der Waals surface area (Å²) in [7, 11) is 0. The van der Waals surface area contributed by atoms with E-state index in [1.165, 1.54) is 5.01 Å². The van der Waals surface area contributed by atoms with Crippen molar-refractivity contribution in [3.05, 3.63) is 0 Å². The molecule has 0 atom stereocenters. The van der Waals surface area contributed by atoms with Crippen molar-refractivity contribution in [2.75, 3.05) is 6.54 Å². The van der Waals surface area contributed by atoms with Gasteiger partial charge in [-0.1, -0.05) is 13.8 Å². The van der Waals surface area contributed by atoms with E-state index in [-0.39, 0.29) is 12.5 Å². The third kappa shape index (κ3) is 1.85. The molecule has 1 rings (SSSR count). The molecule has 0 aromatic heterocycles. The predicted molar refractivity (Wildman–Crippen MR) is 42.9 cm³/mol. The number of carboxylic acid groups (broad SMARTS) is 1. The predicted octanol–water partition coefficient (Wildman–Crippen LogP) is -0.635. The zero-order valence-corrected chi connectivity index (χ0v) is 7.03. The first-order valence-corrected chi connectivity index (χ1v) is 3.69. The van der Waals surface area contributed by atoms with Crippen LogP contribution in [0.1, 0.15) is 13.8 Å². The van der Waals surface area contributed by atoms with Crippen LogP contribution in [0.2, 0.25) is 0 Å². The first kappa shape index (κ1) is 8.79. The Morgan fingerprint density at radius 3 is 2.92 bits per heavy atom. The molecule has 6 nitrogen and oxygen atoms in total. The molecule has 0 saturated carbocycles. The first-order valence-electron chi connectivity index (χ1n) is 3.69. The van der Waals surface area contributed by atoms with E-state index in [1.807, 2.05) is 13.8 Å². The maximum absolute atomic E-state index is 10.4. The van der Waals surface area contributed by atoms with E-state index in [0.29, 0.717) is 5.84 Å². The Balaban J connectivity index is 2.56. The molecule has 1 heterocycles. The number of rotatable bonds is 3. The fourth-order valence-electron chi connectivity index (χ4n) is 0.957. The third-order valence-electron chi connectivity index (χ3n) is 1.44. The Labute approximate surface area is 70.2 Å². The van der Waals surface area contributed by atoms with Crippen LogP contribution < -0.4 is 11.1 Å². The molecule has 68 valence electrons. The molecule has 0 unspecified atom stereocenters. The molecular formula is C6H12N4O2. The third-order valence-corrected chi connectivity index (χ3v) is 1.44. The molecule has 1 aliphatic rings. The SMILES string of the molecule is CC(C)C1=NNNN1CC(=O)O. The Morgan fingerprint density at radius 1 is 1.75 bits per heavy atom. The van der Waals surface area contributed by atoms with Gasteiger partial charge in [0, 0.05) is 5.92 Å². The lowest BCUT2D eigenvalue weighted by molar-refractivity contribution is -0.137. The molecule has 0 fully saturated rings. The van der Waals surface area contributed by atoms with Gasteiger partial charge in [-0.3, -0.25) is 9.80 Å². The average molecular weight is 172 g/mol. The number of hydrogen-bond donors (Lipinski definition) is 3. The normalized spacial score (nSPS) is 16.2.